The lowest BCUT2D eigenvalue weighted by molar-refractivity contribution is -0.220. The van der Waals surface area contributed by atoms with Gasteiger partial charge in [-0.05, 0) is 89.9 Å². The topological polar surface area (TPSA) is 192 Å². The molecule has 0 radical (unpaired) electrons. The van der Waals surface area contributed by atoms with Gasteiger partial charge < -0.3 is 39.9 Å². The maximum Gasteiger partial charge on any atom is 0.472 e. The molecule has 0 aliphatic heterocycles. The monoisotopic (exact) mass is 1030 g/mol. The van der Waals surface area contributed by atoms with E-state index in [0.717, 1.165) is 116 Å². The normalized spacial score (nSPS) is 21.3. The SMILES string of the molecule is CC/C=C\C/C=C\C/C=C\C/C=C\C/C=C\CCCCCCCCCC(=O)OC(COCCCCCCCCCCCC/C=C\C/C=C\CCCCCCC)COP(=O)(O)OC1C(O)C(O)C(O)C(O)C1O. The predicted octanol–water partition coefficient (Wildman–Crippen LogP) is 13.7. The van der Waals surface area contributed by atoms with Crippen LogP contribution in [0.25, 0.3) is 0 Å². The number of carbonyl (C=O) groups excluding carboxylic acids is 1. The van der Waals surface area contributed by atoms with Gasteiger partial charge in [0.05, 0.1) is 13.2 Å². The third-order valence-electron chi connectivity index (χ3n) is 12.8. The summed E-state index contributed by atoms with van der Waals surface area (Å²) < 4.78 is 34.4. The molecule has 0 amide bonds. The Hall–Kier alpha value is -2.48. The highest BCUT2D eigenvalue weighted by Gasteiger charge is 2.51. The summed E-state index contributed by atoms with van der Waals surface area (Å²) in [6.07, 6.45) is 53.5. The van der Waals surface area contributed by atoms with Gasteiger partial charge in [-0.2, -0.15) is 0 Å². The largest absolute Gasteiger partial charge is 0.472 e. The second-order valence-corrected chi connectivity index (χ2v) is 20.8. The fraction of sp³-hybridized carbons (Fsp3) is 0.746. The first-order chi connectivity index (χ1) is 35.0. The predicted molar refractivity (Wildman–Crippen MR) is 294 cm³/mol. The van der Waals surface area contributed by atoms with Gasteiger partial charge in [0.1, 0.15) is 42.7 Å². The maximum atomic E-state index is 12.9. The van der Waals surface area contributed by atoms with E-state index < -0.39 is 63.1 Å². The Morgan fingerprint density at radius 1 is 0.458 bits per heavy atom. The van der Waals surface area contributed by atoms with E-state index in [-0.39, 0.29) is 13.0 Å². The molecule has 0 saturated heterocycles. The second kappa shape index (κ2) is 48.2. The first kappa shape index (κ1) is 67.5. The summed E-state index contributed by atoms with van der Waals surface area (Å²) in [5, 5.41) is 50.4. The Morgan fingerprint density at radius 2 is 0.819 bits per heavy atom. The van der Waals surface area contributed by atoms with Gasteiger partial charge in [0.25, 0.3) is 0 Å². The van der Waals surface area contributed by atoms with Gasteiger partial charge in [-0.15, -0.1) is 0 Å². The van der Waals surface area contributed by atoms with Crippen molar-refractivity contribution in [3.8, 4) is 0 Å². The average Bonchev–Trinajstić information content (AvgIpc) is 3.37. The summed E-state index contributed by atoms with van der Waals surface area (Å²) in [6.45, 7) is 4.14. The molecule has 12 nitrogen and oxygen atoms in total. The highest BCUT2D eigenvalue weighted by Crippen LogP contribution is 2.47. The van der Waals surface area contributed by atoms with E-state index >= 15 is 0 Å². The van der Waals surface area contributed by atoms with E-state index in [2.05, 4.69) is 98.9 Å². The van der Waals surface area contributed by atoms with Crippen molar-refractivity contribution < 1.29 is 58.3 Å². The summed E-state index contributed by atoms with van der Waals surface area (Å²) in [7, 11) is -5.04. The number of aliphatic hydroxyl groups is 5. The number of aliphatic hydroxyl groups excluding tert-OH is 5. The van der Waals surface area contributed by atoms with Crippen LogP contribution >= 0.6 is 7.82 Å². The van der Waals surface area contributed by atoms with Crippen molar-refractivity contribution in [2.75, 3.05) is 19.8 Å². The molecule has 1 saturated carbocycles. The Balaban J connectivity index is 2.32. The number of phosphoric ester groups is 1. The maximum absolute atomic E-state index is 12.9. The zero-order valence-corrected chi connectivity index (χ0v) is 45.8. The van der Waals surface area contributed by atoms with Crippen LogP contribution in [0.1, 0.15) is 219 Å². The van der Waals surface area contributed by atoms with E-state index in [4.69, 9.17) is 18.5 Å². The zero-order valence-electron chi connectivity index (χ0n) is 45.0. The average molecular weight is 1040 g/mol. The van der Waals surface area contributed by atoms with Crippen molar-refractivity contribution in [2.24, 2.45) is 0 Å². The summed E-state index contributed by atoms with van der Waals surface area (Å²) in [5.41, 5.74) is 0. The van der Waals surface area contributed by atoms with Gasteiger partial charge in [0, 0.05) is 13.0 Å². The smallest absolute Gasteiger partial charge is 0.457 e. The molecule has 0 spiro atoms. The lowest BCUT2D eigenvalue weighted by Crippen LogP contribution is -2.64. The Kier molecular flexibility index (Phi) is 45.2. The second-order valence-electron chi connectivity index (χ2n) is 19.4. The molecular formula is C59H103O12P. The molecule has 0 bridgehead atoms. The van der Waals surface area contributed by atoms with E-state index in [1.807, 2.05) is 0 Å². The molecule has 1 aliphatic rings. The van der Waals surface area contributed by atoms with Crippen LogP contribution in [-0.4, -0.2) is 98.9 Å². The van der Waals surface area contributed by atoms with Crippen LogP contribution < -0.4 is 0 Å². The number of rotatable bonds is 48. The van der Waals surface area contributed by atoms with Gasteiger partial charge in [-0.1, -0.05) is 208 Å². The van der Waals surface area contributed by atoms with Crippen LogP contribution in [0.15, 0.2) is 85.1 Å². The van der Waals surface area contributed by atoms with Crippen LogP contribution in [0.5, 0.6) is 0 Å². The molecule has 0 heterocycles. The molecule has 0 aromatic heterocycles. The molecule has 6 atom stereocenters. The Morgan fingerprint density at radius 3 is 1.25 bits per heavy atom. The van der Waals surface area contributed by atoms with Gasteiger partial charge in [0.15, 0.2) is 0 Å². The van der Waals surface area contributed by atoms with Crippen molar-refractivity contribution in [3.63, 3.8) is 0 Å². The van der Waals surface area contributed by atoms with Crippen molar-refractivity contribution >= 4 is 13.8 Å². The Labute approximate surface area is 437 Å². The van der Waals surface area contributed by atoms with Gasteiger partial charge in [0.2, 0.25) is 0 Å². The first-order valence-electron chi connectivity index (χ1n) is 28.4. The molecule has 1 aliphatic carbocycles. The number of allylic oxidation sites excluding steroid dienone is 14. The van der Waals surface area contributed by atoms with E-state index in [9.17, 15) is 39.8 Å². The lowest BCUT2D eigenvalue weighted by atomic mass is 9.85. The van der Waals surface area contributed by atoms with E-state index in [1.54, 1.807) is 0 Å². The molecule has 0 aromatic rings. The summed E-state index contributed by atoms with van der Waals surface area (Å²) in [6, 6.07) is 0. The number of carbonyl (C=O) groups is 1. The van der Waals surface area contributed by atoms with Crippen LogP contribution in [-0.2, 0) is 27.9 Å². The van der Waals surface area contributed by atoms with Crippen LogP contribution in [0.2, 0.25) is 0 Å². The molecule has 13 heteroatoms. The van der Waals surface area contributed by atoms with Crippen LogP contribution in [0, 0.1) is 0 Å². The fourth-order valence-corrected chi connectivity index (χ4v) is 9.27. The number of hydrogen-bond donors (Lipinski definition) is 6. The summed E-state index contributed by atoms with van der Waals surface area (Å²) in [4.78, 5) is 23.3. The third kappa shape index (κ3) is 39.0. The molecule has 6 unspecified atom stereocenters. The third-order valence-corrected chi connectivity index (χ3v) is 13.7. The highest BCUT2D eigenvalue weighted by molar-refractivity contribution is 7.47. The minimum atomic E-state index is -5.04. The number of ether oxygens (including phenoxy) is 2. The van der Waals surface area contributed by atoms with Crippen molar-refractivity contribution in [3.05, 3.63) is 85.1 Å². The first-order valence-corrected chi connectivity index (χ1v) is 29.9. The minimum Gasteiger partial charge on any atom is -0.457 e. The molecule has 72 heavy (non-hydrogen) atoms. The zero-order chi connectivity index (χ0) is 52.6. The lowest BCUT2D eigenvalue weighted by Gasteiger charge is -2.41. The molecular weight excluding hydrogens is 932 g/mol. The fourth-order valence-electron chi connectivity index (χ4n) is 8.30. The molecule has 0 aromatic carbocycles. The number of phosphoric acid groups is 1. The van der Waals surface area contributed by atoms with E-state index in [1.165, 1.54) is 77.0 Å². The van der Waals surface area contributed by atoms with Gasteiger partial charge in [-0.25, -0.2) is 4.57 Å². The molecule has 1 fully saturated rings. The van der Waals surface area contributed by atoms with Crippen LogP contribution in [0.3, 0.4) is 0 Å². The highest BCUT2D eigenvalue weighted by atomic mass is 31.2. The Bertz CT molecular complexity index is 1510. The quantitative estimate of drug-likeness (QED) is 0.0146. The number of hydrogen-bond acceptors (Lipinski definition) is 11. The minimum absolute atomic E-state index is 0.0875. The van der Waals surface area contributed by atoms with Crippen molar-refractivity contribution in [1.29, 1.82) is 0 Å². The molecule has 6 N–H and O–H groups in total. The number of esters is 1. The van der Waals surface area contributed by atoms with Crippen LogP contribution in [0.4, 0.5) is 0 Å². The van der Waals surface area contributed by atoms with Crippen molar-refractivity contribution in [1.82, 2.24) is 0 Å². The molecule has 1 rings (SSSR count). The number of unbranched alkanes of at least 4 members (excludes halogenated alkanes) is 22. The van der Waals surface area contributed by atoms with Gasteiger partial charge >= 0.3 is 13.8 Å². The summed E-state index contributed by atoms with van der Waals surface area (Å²) in [5.74, 6) is -0.491. The molecule has 416 valence electrons. The van der Waals surface area contributed by atoms with Crippen molar-refractivity contribution in [2.45, 2.75) is 262 Å². The van der Waals surface area contributed by atoms with E-state index in [0.29, 0.717) is 13.0 Å². The summed E-state index contributed by atoms with van der Waals surface area (Å²) >= 11 is 0. The standard InChI is InChI=1S/C59H103O12P/c1-3-5-7-9-11-13-15-17-19-21-23-25-27-28-30-32-34-36-38-40-42-44-46-48-53(60)70-52(51-69-72(66,67)71-59-57(64)55(62)54(61)56(63)58(59)65)50-68-49-47-45-43-41-39-37-35-33-31-29-26-24-22-20-18-16-14-12-10-8-6-4-2/h5,7,11,13,16-19,22-25,28,30,52,54-59,61-65H,3-4,6,8-10,12,14-15,20-21,26-27,29,31-51H2,1-2H3,(H,66,67)/b7-5-,13-11-,18-16-,19-17-,24-22-,25-23-,30-28-. The van der Waals surface area contributed by atoms with Gasteiger partial charge in [-0.3, -0.25) is 13.8 Å².